The summed E-state index contributed by atoms with van der Waals surface area (Å²) in [6.07, 6.45) is 0. The molecule has 0 atom stereocenters. The van der Waals surface area contributed by atoms with Crippen LogP contribution >= 0.6 is 0 Å². The number of nitrogens with one attached hydrogen (secondary N) is 1. The summed E-state index contributed by atoms with van der Waals surface area (Å²) in [4.78, 5) is 28.4. The van der Waals surface area contributed by atoms with Crippen molar-refractivity contribution in [1.82, 2.24) is 0 Å². The molecule has 1 aliphatic heterocycles. The second-order valence-corrected chi connectivity index (χ2v) is 7.79. The largest absolute Gasteiger partial charge is 0.478 e. The number of hydrogen-bond acceptors (Lipinski definition) is 4. The fourth-order valence-electron chi connectivity index (χ4n) is 3.95. The van der Waals surface area contributed by atoms with Gasteiger partial charge < -0.3 is 20.2 Å². The molecule has 1 amide bonds. The van der Waals surface area contributed by atoms with Crippen molar-refractivity contribution in [1.29, 1.82) is 0 Å². The van der Waals surface area contributed by atoms with Crippen LogP contribution in [-0.2, 0) is 0 Å². The van der Waals surface area contributed by atoms with E-state index in [1.807, 2.05) is 22.8 Å². The molecule has 0 radical (unpaired) electrons. The number of amides is 1. The van der Waals surface area contributed by atoms with Gasteiger partial charge in [0.1, 0.15) is 5.82 Å². The van der Waals surface area contributed by atoms with Gasteiger partial charge in [-0.1, -0.05) is 29.8 Å². The molecule has 0 aliphatic carbocycles. The Kier molecular flexibility index (Phi) is 6.07. The van der Waals surface area contributed by atoms with Crippen LogP contribution in [0.4, 0.5) is 21.5 Å². The zero-order valence-corrected chi connectivity index (χ0v) is 17.7. The molecule has 7 heteroatoms. The lowest BCUT2D eigenvalue weighted by molar-refractivity contribution is 0.0697. The van der Waals surface area contributed by atoms with Crippen LogP contribution in [0.3, 0.4) is 0 Å². The van der Waals surface area contributed by atoms with Crippen LogP contribution in [0.5, 0.6) is 0 Å². The van der Waals surface area contributed by atoms with Crippen LogP contribution in [-0.4, -0.2) is 43.2 Å². The number of carboxylic acid groups (broad SMARTS) is 1. The van der Waals surface area contributed by atoms with Gasteiger partial charge in [0.2, 0.25) is 0 Å². The van der Waals surface area contributed by atoms with Crippen molar-refractivity contribution >= 4 is 28.9 Å². The molecule has 1 heterocycles. The Bertz CT molecular complexity index is 1160. The topological polar surface area (TPSA) is 72.9 Å². The van der Waals surface area contributed by atoms with E-state index >= 15 is 0 Å². The summed E-state index contributed by atoms with van der Waals surface area (Å²) >= 11 is 0. The van der Waals surface area contributed by atoms with Gasteiger partial charge in [0.25, 0.3) is 5.91 Å². The van der Waals surface area contributed by atoms with E-state index in [2.05, 4.69) is 5.32 Å². The number of piperazine rings is 1. The van der Waals surface area contributed by atoms with E-state index in [0.29, 0.717) is 48.8 Å². The fourth-order valence-corrected chi connectivity index (χ4v) is 3.95. The maximum atomic E-state index is 14.1. The summed E-state index contributed by atoms with van der Waals surface area (Å²) in [7, 11) is 0. The molecular formula is C25H24FN3O3. The van der Waals surface area contributed by atoms with Crippen LogP contribution in [0.2, 0.25) is 0 Å². The standard InChI is InChI=1S/C25H24FN3O3/c1-17-5-4-6-18(15-17)24(30)27-19-9-10-22(20(16-19)25(31)32)28-11-13-29(14-12-28)23-8-3-2-7-21(23)26/h2-10,15-16H,11-14H2,1H3,(H,27,30)(H,31,32). The number of anilines is 3. The first-order valence-electron chi connectivity index (χ1n) is 10.4. The van der Waals surface area contributed by atoms with E-state index in [4.69, 9.17) is 0 Å². The number of hydrogen-bond donors (Lipinski definition) is 2. The molecule has 0 spiro atoms. The number of aryl methyl sites for hydroxylation is 1. The first kappa shape index (κ1) is 21.4. The van der Waals surface area contributed by atoms with Crippen LogP contribution in [0.1, 0.15) is 26.3 Å². The number of carboxylic acids is 1. The second-order valence-electron chi connectivity index (χ2n) is 7.79. The van der Waals surface area contributed by atoms with Gasteiger partial charge in [0.15, 0.2) is 0 Å². The van der Waals surface area contributed by atoms with Crippen molar-refractivity contribution in [2.75, 3.05) is 41.3 Å². The predicted molar refractivity (Wildman–Crippen MR) is 123 cm³/mol. The maximum Gasteiger partial charge on any atom is 0.337 e. The highest BCUT2D eigenvalue weighted by atomic mass is 19.1. The molecule has 0 saturated carbocycles. The molecule has 1 saturated heterocycles. The first-order chi connectivity index (χ1) is 15.4. The third kappa shape index (κ3) is 4.56. The summed E-state index contributed by atoms with van der Waals surface area (Å²) in [5.41, 5.74) is 3.15. The minimum atomic E-state index is -1.07. The predicted octanol–water partition coefficient (Wildman–Crippen LogP) is 4.41. The number of benzene rings is 3. The zero-order valence-electron chi connectivity index (χ0n) is 17.7. The van der Waals surface area contributed by atoms with Gasteiger partial charge in [0.05, 0.1) is 16.9 Å². The van der Waals surface area contributed by atoms with Crippen molar-refractivity contribution < 1.29 is 19.1 Å². The van der Waals surface area contributed by atoms with Crippen LogP contribution in [0, 0.1) is 12.7 Å². The van der Waals surface area contributed by atoms with Crippen molar-refractivity contribution in [3.63, 3.8) is 0 Å². The molecule has 6 nitrogen and oxygen atoms in total. The zero-order chi connectivity index (χ0) is 22.7. The molecule has 32 heavy (non-hydrogen) atoms. The molecule has 1 fully saturated rings. The molecule has 164 valence electrons. The van der Waals surface area contributed by atoms with E-state index in [-0.39, 0.29) is 17.3 Å². The third-order valence-corrected chi connectivity index (χ3v) is 5.58. The van der Waals surface area contributed by atoms with Gasteiger partial charge in [-0.2, -0.15) is 0 Å². The van der Waals surface area contributed by atoms with Crippen molar-refractivity contribution in [2.45, 2.75) is 6.92 Å². The van der Waals surface area contributed by atoms with E-state index in [1.165, 1.54) is 12.1 Å². The maximum absolute atomic E-state index is 14.1. The highest BCUT2D eigenvalue weighted by Gasteiger charge is 2.23. The smallest absolute Gasteiger partial charge is 0.337 e. The fraction of sp³-hybridized carbons (Fsp3) is 0.200. The molecular weight excluding hydrogens is 409 g/mol. The summed E-state index contributed by atoms with van der Waals surface area (Å²) in [5.74, 6) is -1.62. The van der Waals surface area contributed by atoms with Gasteiger partial charge in [-0.15, -0.1) is 0 Å². The molecule has 0 aromatic heterocycles. The second kappa shape index (κ2) is 9.09. The van der Waals surface area contributed by atoms with Crippen LogP contribution in [0.25, 0.3) is 0 Å². The number of aromatic carboxylic acids is 1. The quantitative estimate of drug-likeness (QED) is 0.624. The summed E-state index contributed by atoms with van der Waals surface area (Å²) in [5, 5.41) is 12.6. The molecule has 4 rings (SSSR count). The number of carbonyl (C=O) groups excluding carboxylic acids is 1. The van der Waals surface area contributed by atoms with Gasteiger partial charge >= 0.3 is 5.97 Å². The number of nitrogens with zero attached hydrogens (tertiary/aromatic N) is 2. The van der Waals surface area contributed by atoms with Crippen molar-refractivity contribution in [3.05, 3.63) is 89.2 Å². The monoisotopic (exact) mass is 433 g/mol. The number of para-hydroxylation sites is 1. The van der Waals surface area contributed by atoms with Crippen LogP contribution in [0.15, 0.2) is 66.7 Å². The minimum absolute atomic E-state index is 0.117. The molecule has 0 unspecified atom stereocenters. The number of rotatable bonds is 5. The summed E-state index contributed by atoms with van der Waals surface area (Å²) < 4.78 is 14.1. The highest BCUT2D eigenvalue weighted by molar-refractivity contribution is 6.05. The molecule has 1 aliphatic rings. The van der Waals surface area contributed by atoms with Crippen LogP contribution < -0.4 is 15.1 Å². The molecule has 3 aromatic rings. The highest BCUT2D eigenvalue weighted by Crippen LogP contribution is 2.28. The lowest BCUT2D eigenvalue weighted by atomic mass is 10.1. The van der Waals surface area contributed by atoms with Gasteiger partial charge in [-0.3, -0.25) is 4.79 Å². The SMILES string of the molecule is Cc1cccc(C(=O)Nc2ccc(N3CCN(c4ccccc4F)CC3)c(C(=O)O)c2)c1. The van der Waals surface area contributed by atoms with E-state index < -0.39 is 5.97 Å². The summed E-state index contributed by atoms with van der Waals surface area (Å²) in [6, 6.07) is 18.7. The Morgan fingerprint density at radius 3 is 2.22 bits per heavy atom. The first-order valence-corrected chi connectivity index (χ1v) is 10.4. The van der Waals surface area contributed by atoms with Gasteiger partial charge in [-0.25, -0.2) is 9.18 Å². The normalized spacial score (nSPS) is 13.7. The average Bonchev–Trinajstić information content (AvgIpc) is 2.79. The lowest BCUT2D eigenvalue weighted by Gasteiger charge is -2.38. The molecule has 3 aromatic carbocycles. The minimum Gasteiger partial charge on any atom is -0.478 e. The summed E-state index contributed by atoms with van der Waals surface area (Å²) in [6.45, 7) is 4.17. The molecule has 2 N–H and O–H groups in total. The van der Waals surface area contributed by atoms with Crippen molar-refractivity contribution in [3.8, 4) is 0 Å². The van der Waals surface area contributed by atoms with Crippen molar-refractivity contribution in [2.24, 2.45) is 0 Å². The van der Waals surface area contributed by atoms with Gasteiger partial charge in [0, 0.05) is 37.4 Å². The Hall–Kier alpha value is -3.87. The third-order valence-electron chi connectivity index (χ3n) is 5.58. The van der Waals surface area contributed by atoms with Gasteiger partial charge in [-0.05, 0) is 49.4 Å². The van der Waals surface area contributed by atoms with E-state index in [1.54, 1.807) is 48.5 Å². The Morgan fingerprint density at radius 2 is 1.56 bits per heavy atom. The lowest BCUT2D eigenvalue weighted by Crippen LogP contribution is -2.47. The Morgan fingerprint density at radius 1 is 0.875 bits per heavy atom. The number of halogens is 1. The Balaban J connectivity index is 1.50. The Labute approximate surface area is 185 Å². The molecule has 0 bridgehead atoms. The van der Waals surface area contributed by atoms with E-state index in [0.717, 1.165) is 5.56 Å². The number of carbonyl (C=O) groups is 2. The van der Waals surface area contributed by atoms with E-state index in [9.17, 15) is 19.1 Å². The average molecular weight is 433 g/mol.